The Morgan fingerprint density at radius 2 is 1.77 bits per heavy atom. The number of para-hydroxylation sites is 1. The molecule has 3 aromatic rings. The molecule has 8 heteroatoms. The molecule has 0 spiro atoms. The summed E-state index contributed by atoms with van der Waals surface area (Å²) in [6.45, 7) is 3.14. The Kier molecular flexibility index (Phi) is 6.32. The van der Waals surface area contributed by atoms with E-state index in [-0.39, 0.29) is 12.1 Å². The predicted molar refractivity (Wildman–Crippen MR) is 115 cm³/mol. The topological polar surface area (TPSA) is 84.3 Å². The number of amides is 2. The molecular formula is C22H21ClN4O3. The second-order valence-corrected chi connectivity index (χ2v) is 7.28. The molecule has 0 aliphatic rings. The molecule has 0 saturated heterocycles. The number of ketones is 1. The largest absolute Gasteiger partial charge is 0.330 e. The predicted octanol–water partition coefficient (Wildman–Crippen LogP) is 3.42. The molecule has 0 fully saturated rings. The van der Waals surface area contributed by atoms with Crippen molar-refractivity contribution in [2.45, 2.75) is 13.8 Å². The molecule has 30 heavy (non-hydrogen) atoms. The lowest BCUT2D eigenvalue weighted by Crippen LogP contribution is -2.39. The van der Waals surface area contributed by atoms with Gasteiger partial charge in [0.05, 0.1) is 29.2 Å². The van der Waals surface area contributed by atoms with Crippen molar-refractivity contribution >= 4 is 34.9 Å². The van der Waals surface area contributed by atoms with Crippen LogP contribution in [-0.2, 0) is 9.59 Å². The smallest absolute Gasteiger partial charge is 0.295 e. The van der Waals surface area contributed by atoms with E-state index < -0.39 is 17.6 Å². The van der Waals surface area contributed by atoms with E-state index >= 15 is 0 Å². The van der Waals surface area contributed by atoms with E-state index in [1.165, 1.54) is 7.05 Å². The summed E-state index contributed by atoms with van der Waals surface area (Å²) in [5.41, 5.74) is 2.56. The molecule has 1 N–H and O–H groups in total. The maximum atomic E-state index is 12.9. The van der Waals surface area contributed by atoms with Crippen molar-refractivity contribution in [3.8, 4) is 5.69 Å². The number of carbonyl (C=O) groups excluding carboxylic acids is 3. The summed E-state index contributed by atoms with van der Waals surface area (Å²) in [6.07, 6.45) is 0. The van der Waals surface area contributed by atoms with Crippen molar-refractivity contribution < 1.29 is 14.4 Å². The molecule has 0 radical (unpaired) electrons. The highest BCUT2D eigenvalue weighted by molar-refractivity contribution is 6.43. The van der Waals surface area contributed by atoms with Crippen molar-refractivity contribution in [3.05, 3.63) is 76.6 Å². The highest BCUT2D eigenvalue weighted by Gasteiger charge is 2.28. The van der Waals surface area contributed by atoms with E-state index in [2.05, 4.69) is 10.4 Å². The molecule has 7 nitrogen and oxygen atoms in total. The van der Waals surface area contributed by atoms with E-state index in [0.717, 1.165) is 10.6 Å². The van der Waals surface area contributed by atoms with Gasteiger partial charge in [0.25, 0.3) is 11.7 Å². The van der Waals surface area contributed by atoms with Crippen LogP contribution in [0.5, 0.6) is 0 Å². The number of aromatic nitrogens is 2. The average Bonchev–Trinajstić information content (AvgIpc) is 3.01. The van der Waals surface area contributed by atoms with Gasteiger partial charge in [-0.15, -0.1) is 0 Å². The summed E-state index contributed by atoms with van der Waals surface area (Å²) in [7, 11) is 1.41. The lowest BCUT2D eigenvalue weighted by molar-refractivity contribution is -0.129. The van der Waals surface area contributed by atoms with Crippen LogP contribution in [0.15, 0.2) is 54.6 Å². The molecule has 1 heterocycles. The molecule has 3 rings (SSSR count). The van der Waals surface area contributed by atoms with Crippen molar-refractivity contribution in [1.82, 2.24) is 14.7 Å². The van der Waals surface area contributed by atoms with Crippen molar-refractivity contribution in [3.63, 3.8) is 0 Å². The van der Waals surface area contributed by atoms with Crippen LogP contribution < -0.4 is 5.32 Å². The first-order valence-electron chi connectivity index (χ1n) is 9.24. The quantitative estimate of drug-likeness (QED) is 0.485. The van der Waals surface area contributed by atoms with Gasteiger partial charge in [-0.1, -0.05) is 35.9 Å². The number of rotatable bonds is 6. The SMILES string of the molecule is Cc1nn(-c2ccccc2)c(C)c1C(=O)C(=O)N(C)CC(=O)Nc1cccc(Cl)c1. The van der Waals surface area contributed by atoms with Crippen LogP contribution >= 0.6 is 11.6 Å². The maximum Gasteiger partial charge on any atom is 0.295 e. The molecule has 0 unspecified atom stereocenters. The van der Waals surface area contributed by atoms with Crippen molar-refractivity contribution in [1.29, 1.82) is 0 Å². The van der Waals surface area contributed by atoms with Crippen molar-refractivity contribution in [2.24, 2.45) is 0 Å². The second kappa shape index (κ2) is 8.92. The molecule has 0 aliphatic heterocycles. The fourth-order valence-corrected chi connectivity index (χ4v) is 3.32. The number of Topliss-reactive ketones (excluding diaryl/α,β-unsaturated/α-hetero) is 1. The molecule has 0 atom stereocenters. The van der Waals surface area contributed by atoms with Crippen LogP contribution in [0.25, 0.3) is 5.69 Å². The summed E-state index contributed by atoms with van der Waals surface area (Å²) in [5, 5.41) is 7.53. The molecular weight excluding hydrogens is 404 g/mol. The molecule has 2 aromatic carbocycles. The molecule has 0 bridgehead atoms. The van der Waals surface area contributed by atoms with Crippen LogP contribution in [0.3, 0.4) is 0 Å². The Bertz CT molecular complexity index is 1110. The van der Waals surface area contributed by atoms with Gasteiger partial charge in [0, 0.05) is 17.8 Å². The van der Waals surface area contributed by atoms with E-state index in [1.807, 2.05) is 30.3 Å². The number of aryl methyl sites for hydroxylation is 1. The van der Waals surface area contributed by atoms with Gasteiger partial charge in [-0.05, 0) is 44.2 Å². The Balaban J connectivity index is 1.73. The summed E-state index contributed by atoms with van der Waals surface area (Å²) in [5.74, 6) is -1.92. The summed E-state index contributed by atoms with van der Waals surface area (Å²) in [4.78, 5) is 38.9. The zero-order chi connectivity index (χ0) is 21.8. The molecule has 2 amide bonds. The number of carbonyl (C=O) groups is 3. The summed E-state index contributed by atoms with van der Waals surface area (Å²) >= 11 is 5.90. The van der Waals surface area contributed by atoms with Crippen LogP contribution in [0.2, 0.25) is 5.02 Å². The van der Waals surface area contributed by atoms with Crippen LogP contribution in [0.4, 0.5) is 5.69 Å². The number of nitrogens with zero attached hydrogens (tertiary/aromatic N) is 3. The monoisotopic (exact) mass is 424 g/mol. The Labute approximate surface area is 179 Å². The van der Waals surface area contributed by atoms with E-state index in [9.17, 15) is 14.4 Å². The van der Waals surface area contributed by atoms with Crippen LogP contribution in [0.1, 0.15) is 21.7 Å². The summed E-state index contributed by atoms with van der Waals surface area (Å²) < 4.78 is 1.63. The Morgan fingerprint density at radius 1 is 1.07 bits per heavy atom. The first-order chi connectivity index (χ1) is 14.3. The lowest BCUT2D eigenvalue weighted by atomic mass is 10.1. The number of hydrogen-bond donors (Lipinski definition) is 1. The van der Waals surface area contributed by atoms with E-state index in [4.69, 9.17) is 11.6 Å². The minimum atomic E-state index is -0.782. The Hall–Kier alpha value is -3.45. The van der Waals surface area contributed by atoms with Crippen molar-refractivity contribution in [2.75, 3.05) is 18.9 Å². The van der Waals surface area contributed by atoms with E-state index in [0.29, 0.717) is 22.1 Å². The minimum absolute atomic E-state index is 0.242. The van der Waals surface area contributed by atoms with Gasteiger partial charge >= 0.3 is 0 Å². The highest BCUT2D eigenvalue weighted by atomic mass is 35.5. The number of nitrogens with one attached hydrogen (secondary N) is 1. The van der Waals surface area contributed by atoms with Crippen LogP contribution in [-0.4, -0.2) is 45.9 Å². The van der Waals surface area contributed by atoms with Gasteiger partial charge in [-0.3, -0.25) is 14.4 Å². The van der Waals surface area contributed by atoms with Crippen LogP contribution in [0, 0.1) is 13.8 Å². The van der Waals surface area contributed by atoms with Gasteiger partial charge in [0.1, 0.15) is 0 Å². The van der Waals surface area contributed by atoms with Gasteiger partial charge in [0.15, 0.2) is 0 Å². The molecule has 1 aromatic heterocycles. The zero-order valence-corrected chi connectivity index (χ0v) is 17.6. The number of likely N-dealkylation sites (N-methyl/N-ethyl adjacent to an activating group) is 1. The van der Waals surface area contributed by atoms with Gasteiger partial charge in [0.2, 0.25) is 5.91 Å². The fraction of sp³-hybridized carbons (Fsp3) is 0.182. The highest BCUT2D eigenvalue weighted by Crippen LogP contribution is 2.19. The number of hydrogen-bond acceptors (Lipinski definition) is 4. The zero-order valence-electron chi connectivity index (χ0n) is 16.8. The first kappa shape index (κ1) is 21.3. The second-order valence-electron chi connectivity index (χ2n) is 6.84. The minimum Gasteiger partial charge on any atom is -0.330 e. The number of halogens is 1. The normalized spacial score (nSPS) is 10.5. The standard InChI is InChI=1S/C22H21ClN4O3/c1-14-20(15(2)27(25-14)18-10-5-4-6-11-18)21(29)22(30)26(3)13-19(28)24-17-9-7-8-16(23)12-17/h4-12H,13H2,1-3H3,(H,24,28). The molecule has 0 saturated carbocycles. The van der Waals surface area contributed by atoms with Gasteiger partial charge in [-0.25, -0.2) is 4.68 Å². The Morgan fingerprint density at radius 3 is 2.43 bits per heavy atom. The fourth-order valence-electron chi connectivity index (χ4n) is 3.13. The van der Waals surface area contributed by atoms with Gasteiger partial charge in [-0.2, -0.15) is 5.10 Å². The number of anilines is 1. The molecule has 0 aliphatic carbocycles. The lowest BCUT2D eigenvalue weighted by Gasteiger charge is -2.16. The molecule has 154 valence electrons. The van der Waals surface area contributed by atoms with E-state index in [1.54, 1.807) is 42.8 Å². The first-order valence-corrected chi connectivity index (χ1v) is 9.62. The maximum absolute atomic E-state index is 12.9. The average molecular weight is 425 g/mol. The number of benzene rings is 2. The van der Waals surface area contributed by atoms with Gasteiger partial charge < -0.3 is 10.2 Å². The third-order valence-electron chi connectivity index (χ3n) is 4.55. The third kappa shape index (κ3) is 4.58. The summed E-state index contributed by atoms with van der Waals surface area (Å²) in [6, 6.07) is 16.0. The third-order valence-corrected chi connectivity index (χ3v) is 4.78.